The van der Waals surface area contributed by atoms with Gasteiger partial charge in [0.2, 0.25) is 11.5 Å². The van der Waals surface area contributed by atoms with Gasteiger partial charge in [-0.1, -0.05) is 15.9 Å². The van der Waals surface area contributed by atoms with Gasteiger partial charge in [0.25, 0.3) is 0 Å². The van der Waals surface area contributed by atoms with Crippen LogP contribution in [0.15, 0.2) is 40.9 Å². The summed E-state index contributed by atoms with van der Waals surface area (Å²) in [6.07, 6.45) is 3.88. The number of hydrogen-bond donors (Lipinski definition) is 0. The molecule has 0 aliphatic carbocycles. The molecule has 2 aromatic carbocycles. The molecule has 4 rings (SSSR count). The van der Waals surface area contributed by atoms with Crippen molar-refractivity contribution >= 4 is 33.4 Å². The quantitative estimate of drug-likeness (QED) is 0.500. The smallest absolute Gasteiger partial charge is 0.312 e. The Morgan fingerprint density at radius 1 is 1.26 bits per heavy atom. The predicted molar refractivity (Wildman–Crippen MR) is 108 cm³/mol. The third-order valence-electron chi connectivity index (χ3n) is 5.64. The summed E-state index contributed by atoms with van der Waals surface area (Å²) < 4.78 is 12.5. The van der Waals surface area contributed by atoms with E-state index in [0.717, 1.165) is 17.0 Å². The Morgan fingerprint density at radius 3 is 2.67 bits per heavy atom. The molecular formula is C20H19BrN2O4. The average Bonchev–Trinajstić information content (AvgIpc) is 2.79. The molecule has 1 unspecified atom stereocenters. The molecule has 0 aromatic heterocycles. The van der Waals surface area contributed by atoms with E-state index in [9.17, 15) is 10.1 Å². The van der Waals surface area contributed by atoms with E-state index in [0.29, 0.717) is 10.0 Å². The molecule has 2 aliphatic heterocycles. The fraction of sp³-hybridized carbons (Fsp3) is 0.300. The van der Waals surface area contributed by atoms with Crippen molar-refractivity contribution in [3.05, 3.63) is 62.1 Å². The molecule has 2 aliphatic rings. The molecule has 140 valence electrons. The third-order valence-corrected chi connectivity index (χ3v) is 6.10. The first kappa shape index (κ1) is 17.9. The average molecular weight is 431 g/mol. The van der Waals surface area contributed by atoms with Gasteiger partial charge in [0.05, 0.1) is 17.4 Å². The number of fused-ring (bicyclic) bond motifs is 2. The SMILES string of the molecule is COc1ccc2c(c1)C(C)(C)C1(C=Cc3cc(Br)cc([N+](=O)[O-])c3O1)N2C. The van der Waals surface area contributed by atoms with Gasteiger partial charge in [-0.25, -0.2) is 0 Å². The van der Waals surface area contributed by atoms with Crippen molar-refractivity contribution in [3.63, 3.8) is 0 Å². The molecule has 7 heteroatoms. The van der Waals surface area contributed by atoms with E-state index in [2.05, 4.69) is 29.8 Å². The van der Waals surface area contributed by atoms with Crippen molar-refractivity contribution in [1.29, 1.82) is 0 Å². The Labute approximate surface area is 165 Å². The lowest BCUT2D eigenvalue weighted by Crippen LogP contribution is -2.58. The highest BCUT2D eigenvalue weighted by atomic mass is 79.9. The summed E-state index contributed by atoms with van der Waals surface area (Å²) in [5.74, 6) is 1.05. The largest absolute Gasteiger partial charge is 0.497 e. The van der Waals surface area contributed by atoms with Gasteiger partial charge in [0, 0.05) is 28.8 Å². The van der Waals surface area contributed by atoms with Gasteiger partial charge in [-0.05, 0) is 55.8 Å². The molecule has 6 nitrogen and oxygen atoms in total. The monoisotopic (exact) mass is 430 g/mol. The Morgan fingerprint density at radius 2 is 2.00 bits per heavy atom. The topological polar surface area (TPSA) is 64.8 Å². The van der Waals surface area contributed by atoms with Gasteiger partial charge >= 0.3 is 5.69 Å². The van der Waals surface area contributed by atoms with Crippen molar-refractivity contribution < 1.29 is 14.4 Å². The lowest BCUT2D eigenvalue weighted by atomic mass is 9.76. The van der Waals surface area contributed by atoms with Gasteiger partial charge in [-0.2, -0.15) is 0 Å². The lowest BCUT2D eigenvalue weighted by Gasteiger charge is -2.45. The number of hydrogen-bond acceptors (Lipinski definition) is 5. The van der Waals surface area contributed by atoms with Crippen LogP contribution in [0.1, 0.15) is 25.0 Å². The summed E-state index contributed by atoms with van der Waals surface area (Å²) in [5, 5.41) is 11.6. The molecule has 1 atom stereocenters. The van der Waals surface area contributed by atoms with Crippen molar-refractivity contribution in [2.45, 2.75) is 25.0 Å². The molecule has 0 N–H and O–H groups in total. The number of nitro benzene ring substituents is 1. The molecule has 0 radical (unpaired) electrons. The number of nitro groups is 1. The number of halogens is 1. The zero-order valence-electron chi connectivity index (χ0n) is 15.4. The Balaban J connectivity index is 1.91. The minimum Gasteiger partial charge on any atom is -0.497 e. The zero-order valence-corrected chi connectivity index (χ0v) is 17.0. The van der Waals surface area contributed by atoms with E-state index in [1.165, 1.54) is 6.07 Å². The molecule has 0 saturated carbocycles. The maximum Gasteiger partial charge on any atom is 0.312 e. The van der Waals surface area contributed by atoms with Gasteiger partial charge in [0.1, 0.15) is 5.75 Å². The van der Waals surface area contributed by atoms with E-state index < -0.39 is 16.1 Å². The van der Waals surface area contributed by atoms with Crippen LogP contribution in [-0.2, 0) is 5.41 Å². The normalized spacial score (nSPS) is 21.6. The van der Waals surface area contributed by atoms with E-state index in [1.54, 1.807) is 7.11 Å². The second-order valence-electron chi connectivity index (χ2n) is 7.30. The molecule has 1 spiro atoms. The minimum atomic E-state index is -0.882. The van der Waals surface area contributed by atoms with E-state index in [4.69, 9.17) is 9.47 Å². The first-order chi connectivity index (χ1) is 12.7. The highest BCUT2D eigenvalue weighted by molar-refractivity contribution is 9.10. The Hall–Kier alpha value is -2.54. The number of benzene rings is 2. The van der Waals surface area contributed by atoms with E-state index >= 15 is 0 Å². The van der Waals surface area contributed by atoms with Crippen LogP contribution in [0.25, 0.3) is 6.08 Å². The summed E-state index contributed by atoms with van der Waals surface area (Å²) in [7, 11) is 3.58. The van der Waals surface area contributed by atoms with E-state index in [-0.39, 0.29) is 11.4 Å². The molecule has 2 heterocycles. The van der Waals surface area contributed by atoms with Gasteiger partial charge in [-0.15, -0.1) is 0 Å². The van der Waals surface area contributed by atoms with Crippen LogP contribution in [0.5, 0.6) is 11.5 Å². The van der Waals surface area contributed by atoms with Crippen molar-refractivity contribution in [3.8, 4) is 11.5 Å². The molecule has 2 aromatic rings. The Bertz CT molecular complexity index is 1000. The summed E-state index contributed by atoms with van der Waals surface area (Å²) in [6, 6.07) is 9.20. The highest BCUT2D eigenvalue weighted by Gasteiger charge is 2.58. The number of ether oxygens (including phenoxy) is 2. The number of anilines is 1. The second kappa shape index (κ2) is 5.73. The molecule has 0 amide bonds. The summed E-state index contributed by atoms with van der Waals surface area (Å²) in [5.41, 5.74) is 1.35. The van der Waals surface area contributed by atoms with Crippen LogP contribution in [0, 0.1) is 10.1 Å². The summed E-state index contributed by atoms with van der Waals surface area (Å²) in [4.78, 5) is 13.3. The summed E-state index contributed by atoms with van der Waals surface area (Å²) >= 11 is 3.34. The predicted octanol–water partition coefficient (Wildman–Crippen LogP) is 4.90. The van der Waals surface area contributed by atoms with Crippen LogP contribution < -0.4 is 14.4 Å². The minimum absolute atomic E-state index is 0.0548. The molecule has 0 saturated heterocycles. The fourth-order valence-corrected chi connectivity index (χ4v) is 4.57. The Kier molecular flexibility index (Phi) is 3.79. The first-order valence-electron chi connectivity index (χ1n) is 8.50. The number of nitrogens with zero attached hydrogens (tertiary/aromatic N) is 2. The third kappa shape index (κ3) is 2.31. The van der Waals surface area contributed by atoms with Gasteiger partial charge < -0.3 is 14.4 Å². The van der Waals surface area contributed by atoms with Gasteiger partial charge in [-0.3, -0.25) is 10.1 Å². The summed E-state index contributed by atoms with van der Waals surface area (Å²) in [6.45, 7) is 4.16. The maximum atomic E-state index is 11.6. The van der Waals surface area contributed by atoms with Crippen LogP contribution in [0.3, 0.4) is 0 Å². The first-order valence-corrected chi connectivity index (χ1v) is 9.29. The van der Waals surface area contributed by atoms with E-state index in [1.807, 2.05) is 48.4 Å². The maximum absolute atomic E-state index is 11.6. The fourth-order valence-electron chi connectivity index (χ4n) is 4.11. The number of methoxy groups -OCH3 is 1. The molecular weight excluding hydrogens is 412 g/mol. The molecule has 0 fully saturated rings. The lowest BCUT2D eigenvalue weighted by molar-refractivity contribution is -0.386. The van der Waals surface area contributed by atoms with Crippen LogP contribution in [-0.4, -0.2) is 24.8 Å². The van der Waals surface area contributed by atoms with Crippen molar-refractivity contribution in [2.75, 3.05) is 19.1 Å². The number of rotatable bonds is 2. The van der Waals surface area contributed by atoms with Crippen LogP contribution in [0.2, 0.25) is 0 Å². The molecule has 27 heavy (non-hydrogen) atoms. The standard InChI is InChI=1S/C20H19BrN2O4/c1-19(2)15-11-14(26-4)5-6-16(15)22(3)20(19)8-7-12-9-13(21)10-17(23(24)25)18(12)27-20/h5-11H,1-4H3. The zero-order chi connectivity index (χ0) is 19.6. The second-order valence-corrected chi connectivity index (χ2v) is 8.21. The number of likely N-dealkylation sites (N-methyl/N-ethyl adjacent to an activating group) is 1. The van der Waals surface area contributed by atoms with Crippen LogP contribution in [0.4, 0.5) is 11.4 Å². The van der Waals surface area contributed by atoms with Crippen molar-refractivity contribution in [1.82, 2.24) is 0 Å². The van der Waals surface area contributed by atoms with Crippen LogP contribution >= 0.6 is 15.9 Å². The molecule has 0 bridgehead atoms. The van der Waals surface area contributed by atoms with Crippen molar-refractivity contribution in [2.24, 2.45) is 0 Å². The van der Waals surface area contributed by atoms with Gasteiger partial charge in [0.15, 0.2) is 0 Å². The highest BCUT2D eigenvalue weighted by Crippen LogP contribution is 2.56.